The van der Waals surface area contributed by atoms with Gasteiger partial charge in [-0.3, -0.25) is 0 Å². The third-order valence-electron chi connectivity index (χ3n) is 3.41. The highest BCUT2D eigenvalue weighted by molar-refractivity contribution is 5.43. The van der Waals surface area contributed by atoms with Crippen molar-refractivity contribution in [3.63, 3.8) is 0 Å². The molecule has 0 spiro atoms. The molecule has 0 aliphatic rings. The number of hydrogen-bond donors (Lipinski definition) is 0. The summed E-state index contributed by atoms with van der Waals surface area (Å²) in [6.45, 7) is 0.368. The Morgan fingerprint density at radius 1 is 1.24 bits per heavy atom. The lowest BCUT2D eigenvalue weighted by Crippen LogP contribution is -2.11. The highest BCUT2D eigenvalue weighted by Crippen LogP contribution is 2.32. The first-order chi connectivity index (χ1) is 12.0. The minimum atomic E-state index is -4.43. The van der Waals surface area contributed by atoms with Gasteiger partial charge in [-0.1, -0.05) is 28.6 Å². The smallest absolute Gasteiger partial charge is 0.384 e. The number of ether oxygens (including phenoxy) is 1. The van der Waals surface area contributed by atoms with Crippen LogP contribution in [0.15, 0.2) is 35.0 Å². The number of hydrogen-bond acceptors (Lipinski definition) is 6. The average Bonchev–Trinajstić information content (AvgIpc) is 3.21. The Morgan fingerprint density at radius 2 is 2.04 bits per heavy atom. The van der Waals surface area contributed by atoms with Gasteiger partial charge >= 0.3 is 6.18 Å². The zero-order valence-electron chi connectivity index (χ0n) is 13.2. The Bertz CT molecular complexity index is 844. The molecule has 7 nitrogen and oxygen atoms in total. The van der Waals surface area contributed by atoms with E-state index in [0.29, 0.717) is 24.5 Å². The molecule has 1 aromatic carbocycles. The molecular weight excluding hydrogens is 339 g/mol. The number of rotatable bonds is 6. The van der Waals surface area contributed by atoms with Crippen molar-refractivity contribution in [1.29, 1.82) is 0 Å². The predicted octanol–water partition coefficient (Wildman–Crippen LogP) is 2.58. The van der Waals surface area contributed by atoms with Gasteiger partial charge in [0.05, 0.1) is 24.9 Å². The van der Waals surface area contributed by atoms with E-state index in [0.717, 1.165) is 6.07 Å². The average molecular weight is 353 g/mol. The molecule has 132 valence electrons. The maximum atomic E-state index is 13.0. The first-order valence-corrected chi connectivity index (χ1v) is 7.34. The third kappa shape index (κ3) is 4.02. The maximum absolute atomic E-state index is 13.0. The summed E-state index contributed by atoms with van der Waals surface area (Å²) in [5.41, 5.74) is -0.315. The molecule has 0 unspecified atom stereocenters. The summed E-state index contributed by atoms with van der Waals surface area (Å²) >= 11 is 0. The maximum Gasteiger partial charge on any atom is 0.416 e. The lowest BCUT2D eigenvalue weighted by Gasteiger charge is -2.12. The number of alkyl halides is 3. The fraction of sp³-hybridized carbons (Fsp3) is 0.333. The monoisotopic (exact) mass is 353 g/mol. The van der Waals surface area contributed by atoms with Crippen molar-refractivity contribution < 1.29 is 22.4 Å². The summed E-state index contributed by atoms with van der Waals surface area (Å²) in [6.07, 6.45) is -2.49. The Hall–Kier alpha value is -2.75. The van der Waals surface area contributed by atoms with E-state index in [4.69, 9.17) is 9.26 Å². The van der Waals surface area contributed by atoms with Crippen molar-refractivity contribution in [1.82, 2.24) is 25.1 Å². The van der Waals surface area contributed by atoms with Crippen LogP contribution < -0.4 is 0 Å². The van der Waals surface area contributed by atoms with Crippen molar-refractivity contribution in [2.45, 2.75) is 19.1 Å². The van der Waals surface area contributed by atoms with Gasteiger partial charge in [0.1, 0.15) is 0 Å². The minimum absolute atomic E-state index is 0.0760. The second kappa shape index (κ2) is 7.01. The SMILES string of the molecule is COCCc1noc(-c2cn(Cc3ccccc3C(F)(F)F)nn2)n1. The van der Waals surface area contributed by atoms with Crippen molar-refractivity contribution in [2.75, 3.05) is 13.7 Å². The van der Waals surface area contributed by atoms with Crippen LogP contribution in [-0.4, -0.2) is 38.9 Å². The highest BCUT2D eigenvalue weighted by Gasteiger charge is 2.33. The highest BCUT2D eigenvalue weighted by atomic mass is 19.4. The molecule has 0 bridgehead atoms. The molecule has 0 radical (unpaired) electrons. The second-order valence-corrected chi connectivity index (χ2v) is 5.21. The summed E-state index contributed by atoms with van der Waals surface area (Å²) in [7, 11) is 1.56. The summed E-state index contributed by atoms with van der Waals surface area (Å²) in [4.78, 5) is 4.14. The van der Waals surface area contributed by atoms with Crippen molar-refractivity contribution in [2.24, 2.45) is 0 Å². The van der Waals surface area contributed by atoms with Crippen LogP contribution in [0, 0.1) is 0 Å². The Morgan fingerprint density at radius 3 is 2.80 bits per heavy atom. The number of aromatic nitrogens is 5. The summed E-state index contributed by atoms with van der Waals surface area (Å²) in [6, 6.07) is 5.33. The normalized spacial score (nSPS) is 11.8. The summed E-state index contributed by atoms with van der Waals surface area (Å²) in [5.74, 6) is 0.607. The Labute approximate surface area is 140 Å². The Kier molecular flexibility index (Phi) is 4.79. The molecule has 3 rings (SSSR count). The molecular formula is C15H14F3N5O2. The Balaban J connectivity index is 1.78. The number of methoxy groups -OCH3 is 1. The molecule has 10 heteroatoms. The molecule has 2 aromatic heterocycles. The second-order valence-electron chi connectivity index (χ2n) is 5.21. The molecule has 2 heterocycles. The van der Waals surface area contributed by atoms with Gasteiger partial charge in [-0.25, -0.2) is 4.68 Å². The van der Waals surface area contributed by atoms with Crippen LogP contribution in [0.5, 0.6) is 0 Å². The molecule has 3 aromatic rings. The van der Waals surface area contributed by atoms with Gasteiger partial charge in [0.15, 0.2) is 11.5 Å². The van der Waals surface area contributed by atoms with Gasteiger partial charge < -0.3 is 9.26 Å². The van der Waals surface area contributed by atoms with E-state index in [1.165, 1.54) is 23.0 Å². The quantitative estimate of drug-likeness (QED) is 0.678. The first-order valence-electron chi connectivity index (χ1n) is 7.34. The van der Waals surface area contributed by atoms with Crippen molar-refractivity contribution in [3.05, 3.63) is 47.4 Å². The van der Waals surface area contributed by atoms with E-state index >= 15 is 0 Å². The van der Waals surface area contributed by atoms with E-state index in [1.54, 1.807) is 13.2 Å². The molecule has 0 fully saturated rings. The minimum Gasteiger partial charge on any atom is -0.384 e. The van der Waals surface area contributed by atoms with Crippen LogP contribution in [0.3, 0.4) is 0 Å². The van der Waals surface area contributed by atoms with Crippen LogP contribution in [0.2, 0.25) is 0 Å². The van der Waals surface area contributed by atoms with Gasteiger partial charge in [-0.15, -0.1) is 5.10 Å². The van der Waals surface area contributed by atoms with Gasteiger partial charge in [0.2, 0.25) is 0 Å². The molecule has 0 saturated heterocycles. The van der Waals surface area contributed by atoms with Gasteiger partial charge in [-0.05, 0) is 11.6 Å². The molecule has 0 amide bonds. The standard InChI is InChI=1S/C15H14F3N5O2/c1-24-7-6-13-19-14(25-21-13)12-9-23(22-20-12)8-10-4-2-3-5-11(10)15(16,17)18/h2-5,9H,6-8H2,1H3. The van der Waals surface area contributed by atoms with Crippen molar-refractivity contribution >= 4 is 0 Å². The number of halogens is 3. The molecule has 0 saturated carbocycles. The number of nitrogens with zero attached hydrogens (tertiary/aromatic N) is 5. The summed E-state index contributed by atoms with van der Waals surface area (Å²) < 4.78 is 50.4. The van der Waals surface area contributed by atoms with Gasteiger partial charge in [-0.2, -0.15) is 18.2 Å². The summed E-state index contributed by atoms with van der Waals surface area (Å²) in [5, 5.41) is 11.5. The molecule has 0 aliphatic carbocycles. The lowest BCUT2D eigenvalue weighted by molar-refractivity contribution is -0.138. The number of benzene rings is 1. The predicted molar refractivity (Wildman–Crippen MR) is 79.4 cm³/mol. The van der Waals surface area contributed by atoms with Crippen LogP contribution >= 0.6 is 0 Å². The molecule has 0 atom stereocenters. The van der Waals surface area contributed by atoms with Gasteiger partial charge in [0.25, 0.3) is 5.89 Å². The van der Waals surface area contributed by atoms with Crippen molar-refractivity contribution in [3.8, 4) is 11.6 Å². The van der Waals surface area contributed by atoms with E-state index in [2.05, 4.69) is 20.5 Å². The first kappa shape index (κ1) is 17.1. The van der Waals surface area contributed by atoms with E-state index in [9.17, 15) is 13.2 Å². The third-order valence-corrected chi connectivity index (χ3v) is 3.41. The fourth-order valence-corrected chi connectivity index (χ4v) is 2.24. The lowest BCUT2D eigenvalue weighted by atomic mass is 10.1. The zero-order valence-corrected chi connectivity index (χ0v) is 13.2. The molecule has 0 N–H and O–H groups in total. The van der Waals surface area contributed by atoms with Gasteiger partial charge in [0, 0.05) is 13.5 Å². The van der Waals surface area contributed by atoms with Crippen LogP contribution in [-0.2, 0) is 23.9 Å². The molecule has 25 heavy (non-hydrogen) atoms. The zero-order chi connectivity index (χ0) is 17.9. The van der Waals surface area contributed by atoms with E-state index in [1.807, 2.05) is 0 Å². The largest absolute Gasteiger partial charge is 0.416 e. The fourth-order valence-electron chi connectivity index (χ4n) is 2.24. The van der Waals surface area contributed by atoms with Crippen LogP contribution in [0.25, 0.3) is 11.6 Å². The van der Waals surface area contributed by atoms with Crippen LogP contribution in [0.1, 0.15) is 17.0 Å². The topological polar surface area (TPSA) is 78.9 Å². The van der Waals surface area contributed by atoms with E-state index in [-0.39, 0.29) is 18.0 Å². The molecule has 0 aliphatic heterocycles. The van der Waals surface area contributed by atoms with E-state index < -0.39 is 11.7 Å². The van der Waals surface area contributed by atoms with Crippen LogP contribution in [0.4, 0.5) is 13.2 Å².